The van der Waals surface area contributed by atoms with E-state index >= 15 is 0 Å². The zero-order chi connectivity index (χ0) is 10.1. The molecule has 2 aromatic carbocycles. The summed E-state index contributed by atoms with van der Waals surface area (Å²) in [5, 5.41) is 20.0. The van der Waals surface area contributed by atoms with Gasteiger partial charge in [0.1, 0.15) is 5.75 Å². The number of aromatic hydroxyl groups is 1. The van der Waals surface area contributed by atoms with Gasteiger partial charge < -0.3 is 5.11 Å². The normalized spacial score (nSPS) is 10.0. The largest absolute Gasteiger partial charge is 0.507 e. The van der Waals surface area contributed by atoms with E-state index in [0.717, 1.165) is 10.9 Å². The van der Waals surface area contributed by atoms with Gasteiger partial charge in [-0.05, 0) is 19.1 Å². The summed E-state index contributed by atoms with van der Waals surface area (Å²) in [6, 6.07) is 8.88. The van der Waals surface area contributed by atoms with Crippen LogP contribution in [-0.2, 0) is 0 Å². The van der Waals surface area contributed by atoms with E-state index in [9.17, 15) is 5.11 Å². The van der Waals surface area contributed by atoms with Gasteiger partial charge in [0.2, 0.25) is 5.39 Å². The number of aryl methyl sites for hydroxylation is 1. The molecule has 0 saturated heterocycles. The number of hydrogen-bond acceptors (Lipinski definition) is 2. The van der Waals surface area contributed by atoms with Gasteiger partial charge in [-0.25, -0.2) is 0 Å². The summed E-state index contributed by atoms with van der Waals surface area (Å²) in [4.78, 5) is 3.23. The minimum absolute atomic E-state index is 0.213. The molecule has 3 nitrogen and oxygen atoms in total. The lowest BCUT2D eigenvalue weighted by Crippen LogP contribution is -1.78. The first-order chi connectivity index (χ1) is 6.74. The molecule has 0 bridgehead atoms. The molecule has 0 unspecified atom stereocenters. The van der Waals surface area contributed by atoms with Crippen molar-refractivity contribution in [1.82, 2.24) is 0 Å². The fraction of sp³-hybridized carbons (Fsp3) is 0.0909. The summed E-state index contributed by atoms with van der Waals surface area (Å²) in [5.74, 6) is 0.213. The predicted octanol–water partition coefficient (Wildman–Crippen LogP) is 3.34. The molecule has 0 heterocycles. The van der Waals surface area contributed by atoms with Crippen molar-refractivity contribution < 1.29 is 5.11 Å². The predicted molar refractivity (Wildman–Crippen MR) is 55.1 cm³/mol. The average Bonchev–Trinajstić information content (AvgIpc) is 2.18. The maximum Gasteiger partial charge on any atom is 0.395 e. The van der Waals surface area contributed by atoms with Gasteiger partial charge in [0, 0.05) is 10.9 Å². The fourth-order valence-corrected chi connectivity index (χ4v) is 1.61. The Labute approximate surface area is 81.2 Å². The topological polar surface area (TPSA) is 48.4 Å². The maximum absolute atomic E-state index is 9.65. The zero-order valence-corrected chi connectivity index (χ0v) is 7.73. The summed E-state index contributed by atoms with van der Waals surface area (Å²) >= 11 is 0. The minimum Gasteiger partial charge on any atom is -0.507 e. The van der Waals surface area contributed by atoms with Crippen LogP contribution in [0.1, 0.15) is 5.56 Å². The van der Waals surface area contributed by atoms with E-state index in [-0.39, 0.29) is 5.75 Å². The molecule has 0 amide bonds. The number of phenolic OH excluding ortho intramolecular Hbond substituents is 1. The molecular weight excluding hydrogens is 176 g/mol. The number of phenols is 1. The van der Waals surface area contributed by atoms with Crippen molar-refractivity contribution in [3.8, 4) is 5.75 Å². The first kappa shape index (κ1) is 8.52. The molecule has 0 aromatic heterocycles. The zero-order valence-electron chi connectivity index (χ0n) is 7.73. The number of fused-ring (bicyclic) bond motifs is 1. The van der Waals surface area contributed by atoms with Crippen molar-refractivity contribution in [3.05, 3.63) is 40.9 Å². The summed E-state index contributed by atoms with van der Waals surface area (Å²) in [7, 11) is 0. The number of nitrogens with zero attached hydrogens (tertiary/aromatic N) is 2. The van der Waals surface area contributed by atoms with Crippen LogP contribution >= 0.6 is 0 Å². The summed E-state index contributed by atoms with van der Waals surface area (Å²) in [6.07, 6.45) is 0. The van der Waals surface area contributed by atoms with Crippen LogP contribution in [0.3, 0.4) is 0 Å². The van der Waals surface area contributed by atoms with E-state index in [0.29, 0.717) is 11.1 Å². The molecule has 0 fully saturated rings. The second kappa shape index (κ2) is 3.00. The summed E-state index contributed by atoms with van der Waals surface area (Å²) < 4.78 is 0. The van der Waals surface area contributed by atoms with Crippen LogP contribution in [0, 0.1) is 12.3 Å². The van der Waals surface area contributed by atoms with E-state index in [1.165, 1.54) is 0 Å². The summed E-state index contributed by atoms with van der Waals surface area (Å²) in [6.45, 7) is 1.79. The molecule has 68 valence electrons. The smallest absolute Gasteiger partial charge is 0.395 e. The molecule has 0 radical (unpaired) electrons. The molecule has 0 aliphatic carbocycles. The van der Waals surface area contributed by atoms with Crippen LogP contribution in [0.15, 0.2) is 30.3 Å². The highest BCUT2D eigenvalue weighted by Crippen LogP contribution is 2.35. The highest BCUT2D eigenvalue weighted by Gasteiger charge is 2.17. The van der Waals surface area contributed by atoms with Gasteiger partial charge >= 0.3 is 5.69 Å². The van der Waals surface area contributed by atoms with Crippen molar-refractivity contribution in [2.45, 2.75) is 6.92 Å². The van der Waals surface area contributed by atoms with E-state index < -0.39 is 0 Å². The molecular formula is C11H9N2O+. The van der Waals surface area contributed by atoms with Crippen LogP contribution in [0.2, 0.25) is 0 Å². The van der Waals surface area contributed by atoms with Gasteiger partial charge in [-0.15, -0.1) is 0 Å². The van der Waals surface area contributed by atoms with Crippen molar-refractivity contribution in [1.29, 1.82) is 5.39 Å². The van der Waals surface area contributed by atoms with Crippen molar-refractivity contribution in [2.24, 2.45) is 0 Å². The van der Waals surface area contributed by atoms with Gasteiger partial charge in [0.25, 0.3) is 0 Å². The van der Waals surface area contributed by atoms with Gasteiger partial charge in [0.05, 0.1) is 5.39 Å². The molecule has 14 heavy (non-hydrogen) atoms. The Morgan fingerprint density at radius 3 is 2.50 bits per heavy atom. The first-order valence-electron chi connectivity index (χ1n) is 4.30. The molecule has 1 N–H and O–H groups in total. The van der Waals surface area contributed by atoms with Crippen LogP contribution in [0.25, 0.3) is 15.7 Å². The number of hydrogen-bond donors (Lipinski definition) is 1. The second-order valence-corrected chi connectivity index (χ2v) is 3.21. The lowest BCUT2D eigenvalue weighted by molar-refractivity contribution is 0.481. The Kier molecular flexibility index (Phi) is 1.83. The molecule has 0 atom stereocenters. The molecule has 0 spiro atoms. The lowest BCUT2D eigenvalue weighted by atomic mass is 10.0. The fourth-order valence-electron chi connectivity index (χ4n) is 1.61. The molecule has 2 rings (SSSR count). The number of rotatable bonds is 0. The first-order valence-corrected chi connectivity index (χ1v) is 4.30. The van der Waals surface area contributed by atoms with Crippen molar-refractivity contribution in [2.75, 3.05) is 0 Å². The van der Waals surface area contributed by atoms with E-state index in [1.807, 2.05) is 18.2 Å². The third-order valence-corrected chi connectivity index (χ3v) is 2.28. The Bertz CT molecular complexity index is 541. The standard InChI is InChI=1S/C11H8N2O/c1-7-6-10(14)8-4-2-3-5-9(8)11(7)13-12/h2-6H,1H3/p+1. The SMILES string of the molecule is Cc1cc(O)c2ccccc2c1[N+]#N. The van der Waals surface area contributed by atoms with Gasteiger partial charge in [-0.1, -0.05) is 18.2 Å². The van der Waals surface area contributed by atoms with Crippen molar-refractivity contribution >= 4 is 16.5 Å². The van der Waals surface area contributed by atoms with Crippen LogP contribution in [0.4, 0.5) is 5.69 Å². The van der Waals surface area contributed by atoms with E-state index in [4.69, 9.17) is 5.39 Å². The Balaban J connectivity index is 3.00. The number of diazo groups is 1. The van der Waals surface area contributed by atoms with Crippen LogP contribution in [-0.4, -0.2) is 5.11 Å². The highest BCUT2D eigenvalue weighted by molar-refractivity contribution is 5.99. The molecule has 0 aliphatic rings. The van der Waals surface area contributed by atoms with E-state index in [1.54, 1.807) is 19.1 Å². The van der Waals surface area contributed by atoms with Gasteiger partial charge in [0.15, 0.2) is 4.98 Å². The third-order valence-electron chi connectivity index (χ3n) is 2.28. The lowest BCUT2D eigenvalue weighted by Gasteiger charge is -1.99. The van der Waals surface area contributed by atoms with Gasteiger partial charge in [-0.2, -0.15) is 0 Å². The molecule has 2 aromatic rings. The minimum atomic E-state index is 0.213. The van der Waals surface area contributed by atoms with E-state index in [2.05, 4.69) is 4.98 Å². The van der Waals surface area contributed by atoms with Crippen LogP contribution in [0.5, 0.6) is 5.75 Å². The Hall–Kier alpha value is -2.08. The summed E-state index contributed by atoms with van der Waals surface area (Å²) in [5.41, 5.74) is 1.27. The number of benzene rings is 2. The molecule has 3 heteroatoms. The Morgan fingerprint density at radius 1 is 1.21 bits per heavy atom. The Morgan fingerprint density at radius 2 is 1.86 bits per heavy atom. The highest BCUT2D eigenvalue weighted by atomic mass is 16.3. The molecule has 0 saturated carbocycles. The quantitative estimate of drug-likeness (QED) is 0.640. The molecule has 0 aliphatic heterocycles. The third kappa shape index (κ3) is 1.09. The van der Waals surface area contributed by atoms with Crippen LogP contribution < -0.4 is 0 Å². The average molecular weight is 185 g/mol. The van der Waals surface area contributed by atoms with Crippen molar-refractivity contribution in [3.63, 3.8) is 0 Å². The van der Waals surface area contributed by atoms with Gasteiger partial charge in [-0.3, -0.25) is 0 Å². The monoisotopic (exact) mass is 185 g/mol. The maximum atomic E-state index is 9.65. The second-order valence-electron chi connectivity index (χ2n) is 3.21.